The number of carbonyl (C=O) groups is 1. The zero-order valence-corrected chi connectivity index (χ0v) is 14.0. The Hall–Kier alpha value is -1.05. The summed E-state index contributed by atoms with van der Waals surface area (Å²) in [6.07, 6.45) is 0. The van der Waals surface area contributed by atoms with Gasteiger partial charge >= 0.3 is 5.97 Å². The zero-order valence-electron chi connectivity index (χ0n) is 10.8. The lowest BCUT2D eigenvalue weighted by Crippen LogP contribution is -2.03. The number of hydrogen-bond acceptors (Lipinski definition) is 6. The van der Waals surface area contributed by atoms with Gasteiger partial charge in [0.25, 0.3) is 0 Å². The molecular weight excluding hydrogens is 360 g/mol. The molecule has 1 aromatic carbocycles. The lowest BCUT2D eigenvalue weighted by atomic mass is 10.3. The molecule has 0 saturated carbocycles. The Kier molecular flexibility index (Phi) is 5.45. The van der Waals surface area contributed by atoms with Gasteiger partial charge in [0.1, 0.15) is 0 Å². The highest BCUT2D eigenvalue weighted by Crippen LogP contribution is 2.31. The Balaban J connectivity index is 2.01. The number of esters is 1. The van der Waals surface area contributed by atoms with Gasteiger partial charge in [0.05, 0.1) is 12.3 Å². The van der Waals surface area contributed by atoms with E-state index in [1.807, 2.05) is 23.6 Å². The molecule has 0 aliphatic heterocycles. The molecule has 0 amide bonds. The zero-order chi connectivity index (χ0) is 14.5. The fraction of sp³-hybridized carbons (Fsp3) is 0.231. The third-order valence-corrected chi connectivity index (χ3v) is 4.82. The second-order valence-corrected chi connectivity index (χ2v) is 6.63. The largest absolute Gasteiger partial charge is 0.461 e. The van der Waals surface area contributed by atoms with Crippen molar-refractivity contribution in [2.45, 2.75) is 17.6 Å². The fourth-order valence-corrected chi connectivity index (χ4v) is 3.67. The average Bonchev–Trinajstić information content (AvgIpc) is 2.89. The maximum atomic E-state index is 11.5. The third kappa shape index (κ3) is 3.97. The third-order valence-electron chi connectivity index (χ3n) is 2.35. The summed E-state index contributed by atoms with van der Waals surface area (Å²) in [7, 11) is 0. The molecule has 0 radical (unpaired) electrons. The predicted octanol–water partition coefficient (Wildman–Crippen LogP) is 3.96. The second-order valence-electron chi connectivity index (χ2n) is 3.84. The maximum Gasteiger partial charge on any atom is 0.367 e. The molecule has 0 saturated heterocycles. The average molecular weight is 373 g/mol. The number of ether oxygens (including phenoxy) is 1. The highest BCUT2D eigenvalue weighted by molar-refractivity contribution is 9.10. The number of anilines is 1. The molecule has 2 rings (SSSR count). The van der Waals surface area contributed by atoms with Crippen LogP contribution in [0.15, 0.2) is 32.9 Å². The molecule has 0 atom stereocenters. The van der Waals surface area contributed by atoms with E-state index in [-0.39, 0.29) is 5.97 Å². The van der Waals surface area contributed by atoms with E-state index < -0.39 is 0 Å². The van der Waals surface area contributed by atoms with Gasteiger partial charge in [0.15, 0.2) is 0 Å². The van der Waals surface area contributed by atoms with Crippen molar-refractivity contribution in [1.82, 2.24) is 4.98 Å². The minimum Gasteiger partial charge on any atom is -0.461 e. The Morgan fingerprint density at radius 3 is 3.10 bits per heavy atom. The van der Waals surface area contributed by atoms with Gasteiger partial charge in [-0.2, -0.15) is 0 Å². The number of halogens is 1. The van der Waals surface area contributed by atoms with Crippen molar-refractivity contribution < 1.29 is 9.53 Å². The smallest absolute Gasteiger partial charge is 0.367 e. The van der Waals surface area contributed by atoms with Crippen LogP contribution in [-0.4, -0.2) is 17.6 Å². The predicted molar refractivity (Wildman–Crippen MR) is 86.2 cm³/mol. The summed E-state index contributed by atoms with van der Waals surface area (Å²) in [5, 5.41) is 2.26. The highest BCUT2D eigenvalue weighted by atomic mass is 79.9. The van der Waals surface area contributed by atoms with Crippen LogP contribution in [0.5, 0.6) is 0 Å². The van der Waals surface area contributed by atoms with Crippen molar-refractivity contribution in [3.8, 4) is 0 Å². The summed E-state index contributed by atoms with van der Waals surface area (Å²) < 4.78 is 5.90. The van der Waals surface area contributed by atoms with Crippen molar-refractivity contribution in [3.63, 3.8) is 0 Å². The molecule has 0 unspecified atom stereocenters. The van der Waals surface area contributed by atoms with E-state index >= 15 is 0 Å². The molecule has 0 fully saturated rings. The molecule has 0 aliphatic carbocycles. The Morgan fingerprint density at radius 1 is 1.55 bits per heavy atom. The standard InChI is InChI=1S/C13H13BrN2O2S2/c1-2-18-13(17)12-16-9(7-20-12)6-19-11-5-8(14)3-4-10(11)15/h3-5,7H,2,6,15H2,1H3. The number of hydrogen-bond donors (Lipinski definition) is 1. The van der Waals surface area contributed by atoms with Crippen LogP contribution in [0.2, 0.25) is 0 Å². The van der Waals surface area contributed by atoms with Crippen LogP contribution in [0.4, 0.5) is 5.69 Å². The van der Waals surface area contributed by atoms with Crippen LogP contribution >= 0.6 is 39.0 Å². The van der Waals surface area contributed by atoms with E-state index in [4.69, 9.17) is 10.5 Å². The van der Waals surface area contributed by atoms with Gasteiger partial charge < -0.3 is 10.5 Å². The van der Waals surface area contributed by atoms with Crippen LogP contribution in [0.1, 0.15) is 22.4 Å². The summed E-state index contributed by atoms with van der Waals surface area (Å²) >= 11 is 6.31. The van der Waals surface area contributed by atoms with Crippen LogP contribution in [0.3, 0.4) is 0 Å². The quantitative estimate of drug-likeness (QED) is 0.488. The van der Waals surface area contributed by atoms with Gasteiger partial charge in [-0.25, -0.2) is 9.78 Å². The van der Waals surface area contributed by atoms with Gasteiger partial charge in [-0.15, -0.1) is 23.1 Å². The Labute approximate surface area is 133 Å². The molecule has 1 aromatic heterocycles. The normalized spacial score (nSPS) is 10.5. The molecule has 1 heterocycles. The number of nitrogens with zero attached hydrogens (tertiary/aromatic N) is 1. The molecule has 0 bridgehead atoms. The van der Waals surface area contributed by atoms with Crippen LogP contribution < -0.4 is 5.73 Å². The van der Waals surface area contributed by atoms with Crippen LogP contribution in [0, 0.1) is 0 Å². The number of nitrogens with two attached hydrogens (primary N) is 1. The van der Waals surface area contributed by atoms with E-state index in [0.717, 1.165) is 20.7 Å². The molecular formula is C13H13BrN2O2S2. The van der Waals surface area contributed by atoms with Gasteiger partial charge in [0.2, 0.25) is 5.01 Å². The van der Waals surface area contributed by atoms with E-state index in [1.54, 1.807) is 18.7 Å². The second kappa shape index (κ2) is 7.10. The SMILES string of the molecule is CCOC(=O)c1nc(CSc2cc(Br)ccc2N)cs1. The highest BCUT2D eigenvalue weighted by Gasteiger charge is 2.12. The number of rotatable bonds is 5. The first kappa shape index (κ1) is 15.3. The van der Waals surface area contributed by atoms with Gasteiger partial charge in [-0.3, -0.25) is 0 Å². The van der Waals surface area contributed by atoms with Crippen molar-refractivity contribution in [3.05, 3.63) is 38.8 Å². The summed E-state index contributed by atoms with van der Waals surface area (Å²) in [5.41, 5.74) is 7.50. The molecule has 20 heavy (non-hydrogen) atoms. The molecule has 0 aliphatic rings. The Bertz CT molecular complexity index is 616. The molecule has 2 N–H and O–H groups in total. The van der Waals surface area contributed by atoms with Gasteiger partial charge in [0, 0.05) is 26.2 Å². The number of thioether (sulfide) groups is 1. The minimum absolute atomic E-state index is 0.358. The number of thiazole rings is 1. The first-order valence-electron chi connectivity index (χ1n) is 5.89. The first-order chi connectivity index (χ1) is 9.60. The van der Waals surface area contributed by atoms with Crippen molar-refractivity contribution in [1.29, 1.82) is 0 Å². The minimum atomic E-state index is -0.365. The molecule has 106 valence electrons. The number of nitrogen functional groups attached to an aromatic ring is 1. The summed E-state index contributed by atoms with van der Waals surface area (Å²) in [6, 6.07) is 5.73. The van der Waals surface area contributed by atoms with E-state index in [9.17, 15) is 4.79 Å². The summed E-state index contributed by atoms with van der Waals surface area (Å²) in [6.45, 7) is 2.13. The topological polar surface area (TPSA) is 65.2 Å². The first-order valence-corrected chi connectivity index (χ1v) is 8.55. The van der Waals surface area contributed by atoms with Crippen molar-refractivity contribution in [2.24, 2.45) is 0 Å². The summed E-state index contributed by atoms with van der Waals surface area (Å²) in [4.78, 5) is 16.8. The number of benzene rings is 1. The molecule has 0 spiro atoms. The molecule has 2 aromatic rings. The van der Waals surface area contributed by atoms with Crippen molar-refractivity contribution in [2.75, 3.05) is 12.3 Å². The van der Waals surface area contributed by atoms with E-state index in [1.165, 1.54) is 11.3 Å². The fourth-order valence-electron chi connectivity index (χ4n) is 1.44. The molecule has 4 nitrogen and oxygen atoms in total. The van der Waals surface area contributed by atoms with Crippen LogP contribution in [0.25, 0.3) is 0 Å². The number of carbonyl (C=O) groups excluding carboxylic acids is 1. The monoisotopic (exact) mass is 372 g/mol. The van der Waals surface area contributed by atoms with Crippen LogP contribution in [-0.2, 0) is 10.5 Å². The summed E-state index contributed by atoms with van der Waals surface area (Å²) in [5.74, 6) is 0.298. The van der Waals surface area contributed by atoms with Crippen molar-refractivity contribution >= 4 is 50.7 Å². The molecule has 7 heteroatoms. The number of aromatic nitrogens is 1. The lowest BCUT2D eigenvalue weighted by Gasteiger charge is -2.04. The van der Waals surface area contributed by atoms with Gasteiger partial charge in [-0.05, 0) is 25.1 Å². The van der Waals surface area contributed by atoms with E-state index in [2.05, 4.69) is 20.9 Å². The lowest BCUT2D eigenvalue weighted by molar-refractivity contribution is 0.0525. The Morgan fingerprint density at radius 2 is 2.35 bits per heavy atom. The van der Waals surface area contributed by atoms with Gasteiger partial charge in [-0.1, -0.05) is 15.9 Å². The maximum absolute atomic E-state index is 11.5. The van der Waals surface area contributed by atoms with E-state index in [0.29, 0.717) is 17.4 Å².